The molecule has 2 aliphatic heterocycles. The number of piperazine rings is 1. The number of hydrogen-bond acceptors (Lipinski definition) is 7. The van der Waals surface area contributed by atoms with Crippen LogP contribution in [0.4, 0.5) is 5.82 Å². The van der Waals surface area contributed by atoms with E-state index in [4.69, 9.17) is 4.74 Å². The fourth-order valence-electron chi connectivity index (χ4n) is 4.26. The number of nitrogens with zero attached hydrogens (tertiary/aromatic N) is 4. The van der Waals surface area contributed by atoms with Crippen LogP contribution in [-0.2, 0) is 4.74 Å². The molecule has 3 aliphatic rings. The second kappa shape index (κ2) is 6.92. The van der Waals surface area contributed by atoms with Gasteiger partial charge in [-0.3, -0.25) is 5.43 Å². The number of methoxy groups -OCH3 is 1. The Morgan fingerprint density at radius 1 is 1.12 bits per heavy atom. The average Bonchev–Trinajstić information content (AvgIpc) is 3.05. The Kier molecular flexibility index (Phi) is 4.67. The third-order valence-electron chi connectivity index (χ3n) is 5.86. The highest BCUT2D eigenvalue weighted by atomic mass is 16.5. The van der Waals surface area contributed by atoms with Crippen molar-refractivity contribution in [1.82, 2.24) is 25.7 Å². The van der Waals surface area contributed by atoms with Gasteiger partial charge in [0.25, 0.3) is 0 Å². The van der Waals surface area contributed by atoms with Crippen LogP contribution in [0.2, 0.25) is 0 Å². The van der Waals surface area contributed by atoms with Gasteiger partial charge in [-0.05, 0) is 26.3 Å². The van der Waals surface area contributed by atoms with Gasteiger partial charge in [-0.1, -0.05) is 0 Å². The lowest BCUT2D eigenvalue weighted by atomic mass is 9.79. The van der Waals surface area contributed by atoms with Crippen molar-refractivity contribution in [3.8, 4) is 0 Å². The Morgan fingerprint density at radius 2 is 1.96 bits per heavy atom. The second-order valence-corrected chi connectivity index (χ2v) is 7.30. The zero-order chi connectivity index (χ0) is 16.5. The fraction of sp³-hybridized carbons (Fsp3) is 0.765. The van der Waals surface area contributed by atoms with Crippen LogP contribution in [0.3, 0.4) is 0 Å². The molecule has 3 fully saturated rings. The molecule has 4 rings (SSSR count). The standard InChI is InChI=1S/C17H28N6O/c1-22-5-7-23(8-6-22)16-10-15(18-11-19-16)17-13-9-12(24-2)3-4-14(13)20-21-17/h10-14,17,20-21H,3-9H2,1-2H3. The molecule has 4 unspecified atom stereocenters. The molecule has 2 saturated heterocycles. The van der Waals surface area contributed by atoms with E-state index in [-0.39, 0.29) is 6.04 Å². The van der Waals surface area contributed by atoms with Crippen LogP contribution >= 0.6 is 0 Å². The Balaban J connectivity index is 1.51. The molecule has 2 N–H and O–H groups in total. The number of hydrogen-bond donors (Lipinski definition) is 2. The van der Waals surface area contributed by atoms with Gasteiger partial charge in [-0.2, -0.15) is 0 Å². The first-order valence-electron chi connectivity index (χ1n) is 9.04. The number of nitrogens with one attached hydrogen (secondary N) is 2. The van der Waals surface area contributed by atoms with E-state index in [1.807, 2.05) is 7.11 Å². The molecule has 0 bridgehead atoms. The molecule has 0 aromatic carbocycles. The fourth-order valence-corrected chi connectivity index (χ4v) is 4.26. The number of rotatable bonds is 3. The lowest BCUT2D eigenvalue weighted by Crippen LogP contribution is -2.44. The summed E-state index contributed by atoms with van der Waals surface area (Å²) in [6.07, 6.45) is 5.46. The van der Waals surface area contributed by atoms with Crippen molar-refractivity contribution in [2.24, 2.45) is 5.92 Å². The lowest BCUT2D eigenvalue weighted by molar-refractivity contribution is 0.0436. The number of likely N-dealkylation sites (N-methyl/N-ethyl adjacent to an activating group) is 1. The zero-order valence-electron chi connectivity index (χ0n) is 14.6. The summed E-state index contributed by atoms with van der Waals surface area (Å²) in [5.74, 6) is 1.58. The van der Waals surface area contributed by atoms with Gasteiger partial charge in [-0.25, -0.2) is 15.4 Å². The quantitative estimate of drug-likeness (QED) is 0.838. The zero-order valence-corrected chi connectivity index (χ0v) is 14.6. The summed E-state index contributed by atoms with van der Waals surface area (Å²) >= 11 is 0. The summed E-state index contributed by atoms with van der Waals surface area (Å²) in [5, 5.41) is 0. The van der Waals surface area contributed by atoms with Gasteiger partial charge in [0, 0.05) is 51.3 Å². The molecule has 132 valence electrons. The van der Waals surface area contributed by atoms with Gasteiger partial charge in [0.2, 0.25) is 0 Å². The van der Waals surface area contributed by atoms with Gasteiger partial charge < -0.3 is 14.5 Å². The molecule has 0 radical (unpaired) electrons. The highest BCUT2D eigenvalue weighted by Crippen LogP contribution is 2.38. The molecule has 24 heavy (non-hydrogen) atoms. The maximum atomic E-state index is 5.61. The first kappa shape index (κ1) is 16.2. The molecule has 3 heterocycles. The summed E-state index contributed by atoms with van der Waals surface area (Å²) in [6, 6.07) is 2.93. The van der Waals surface area contributed by atoms with Crippen LogP contribution in [0.15, 0.2) is 12.4 Å². The maximum Gasteiger partial charge on any atom is 0.132 e. The van der Waals surface area contributed by atoms with Crippen molar-refractivity contribution in [1.29, 1.82) is 0 Å². The van der Waals surface area contributed by atoms with Gasteiger partial charge in [0.15, 0.2) is 0 Å². The third-order valence-corrected chi connectivity index (χ3v) is 5.86. The summed E-state index contributed by atoms with van der Waals surface area (Å²) in [5.41, 5.74) is 8.04. The van der Waals surface area contributed by atoms with E-state index in [1.165, 1.54) is 0 Å². The van der Waals surface area contributed by atoms with Crippen molar-refractivity contribution in [3.05, 3.63) is 18.1 Å². The molecule has 0 amide bonds. The van der Waals surface area contributed by atoms with E-state index in [9.17, 15) is 0 Å². The molecule has 4 atom stereocenters. The van der Waals surface area contributed by atoms with Crippen LogP contribution in [0, 0.1) is 5.92 Å². The molecule has 1 aromatic rings. The molecule has 7 nitrogen and oxygen atoms in total. The van der Waals surface area contributed by atoms with E-state index in [2.05, 4.69) is 43.7 Å². The monoisotopic (exact) mass is 332 g/mol. The number of hydrazine groups is 1. The molecule has 1 aliphatic carbocycles. The first-order chi connectivity index (χ1) is 11.7. The molecule has 1 saturated carbocycles. The van der Waals surface area contributed by atoms with E-state index in [1.54, 1.807) is 6.33 Å². The maximum absolute atomic E-state index is 5.61. The van der Waals surface area contributed by atoms with Crippen LogP contribution in [0.25, 0.3) is 0 Å². The van der Waals surface area contributed by atoms with Crippen molar-refractivity contribution >= 4 is 5.82 Å². The summed E-state index contributed by atoms with van der Waals surface area (Å²) in [4.78, 5) is 13.8. The Hall–Kier alpha value is -1.28. The third kappa shape index (κ3) is 3.13. The van der Waals surface area contributed by atoms with E-state index in [0.717, 1.165) is 57.0 Å². The molecular formula is C17H28N6O. The first-order valence-corrected chi connectivity index (χ1v) is 9.04. The van der Waals surface area contributed by atoms with Crippen LogP contribution < -0.4 is 15.8 Å². The van der Waals surface area contributed by atoms with Crippen molar-refractivity contribution in [3.63, 3.8) is 0 Å². The largest absolute Gasteiger partial charge is 0.381 e. The Labute approximate surface area is 143 Å². The predicted molar refractivity (Wildman–Crippen MR) is 92.7 cm³/mol. The van der Waals surface area contributed by atoms with Gasteiger partial charge in [0.1, 0.15) is 12.1 Å². The molecule has 1 aromatic heterocycles. The highest BCUT2D eigenvalue weighted by molar-refractivity contribution is 5.40. The van der Waals surface area contributed by atoms with Gasteiger partial charge in [-0.15, -0.1) is 0 Å². The number of ether oxygens (including phenoxy) is 1. The number of aromatic nitrogens is 2. The topological polar surface area (TPSA) is 65.6 Å². The van der Waals surface area contributed by atoms with E-state index >= 15 is 0 Å². The SMILES string of the molecule is COC1CCC2NNC(c3cc(N4CCN(C)CC4)ncn3)C2C1. The smallest absolute Gasteiger partial charge is 0.132 e. The van der Waals surface area contributed by atoms with Crippen LogP contribution in [0.1, 0.15) is 31.0 Å². The van der Waals surface area contributed by atoms with Crippen molar-refractivity contribution in [2.75, 3.05) is 45.2 Å². The minimum absolute atomic E-state index is 0.238. The summed E-state index contributed by atoms with van der Waals surface area (Å²) in [7, 11) is 4.00. The molecule has 0 spiro atoms. The van der Waals surface area contributed by atoms with Crippen LogP contribution in [-0.4, -0.2) is 67.4 Å². The molecular weight excluding hydrogens is 304 g/mol. The highest BCUT2D eigenvalue weighted by Gasteiger charge is 2.41. The van der Waals surface area contributed by atoms with E-state index < -0.39 is 0 Å². The second-order valence-electron chi connectivity index (χ2n) is 7.30. The molecule has 7 heteroatoms. The van der Waals surface area contributed by atoms with Gasteiger partial charge >= 0.3 is 0 Å². The number of anilines is 1. The lowest BCUT2D eigenvalue weighted by Gasteiger charge is -2.34. The average molecular weight is 332 g/mol. The van der Waals surface area contributed by atoms with Crippen molar-refractivity contribution in [2.45, 2.75) is 37.5 Å². The number of fused-ring (bicyclic) bond motifs is 1. The van der Waals surface area contributed by atoms with Gasteiger partial charge in [0.05, 0.1) is 17.8 Å². The van der Waals surface area contributed by atoms with Crippen LogP contribution in [0.5, 0.6) is 0 Å². The Bertz CT molecular complexity index is 562. The minimum Gasteiger partial charge on any atom is -0.381 e. The van der Waals surface area contributed by atoms with Crippen molar-refractivity contribution < 1.29 is 4.74 Å². The summed E-state index contributed by atoms with van der Waals surface area (Å²) < 4.78 is 5.61. The predicted octanol–water partition coefficient (Wildman–Crippen LogP) is 0.561. The Morgan fingerprint density at radius 3 is 2.75 bits per heavy atom. The minimum atomic E-state index is 0.238. The van der Waals surface area contributed by atoms with E-state index in [0.29, 0.717) is 18.1 Å². The normalized spacial score (nSPS) is 34.3. The summed E-state index contributed by atoms with van der Waals surface area (Å²) in [6.45, 7) is 4.23.